The van der Waals surface area contributed by atoms with Crippen molar-refractivity contribution in [1.29, 1.82) is 0 Å². The van der Waals surface area contributed by atoms with Gasteiger partial charge in [0.25, 0.3) is 0 Å². The molecule has 3 heteroatoms. The van der Waals surface area contributed by atoms with E-state index in [1.807, 2.05) is 6.92 Å². The lowest BCUT2D eigenvalue weighted by Gasteiger charge is -2.30. The molecule has 0 saturated heterocycles. The van der Waals surface area contributed by atoms with Gasteiger partial charge in [-0.15, -0.1) is 0 Å². The maximum atomic E-state index is 5.89. The minimum atomic E-state index is 0.161. The van der Waals surface area contributed by atoms with Crippen LogP contribution in [0.3, 0.4) is 0 Å². The van der Waals surface area contributed by atoms with Crippen molar-refractivity contribution < 1.29 is 0 Å². The quantitative estimate of drug-likeness (QED) is 0.913. The topological polar surface area (TPSA) is 51.8 Å². The average Bonchev–Trinajstić information content (AvgIpc) is 2.37. The fourth-order valence-corrected chi connectivity index (χ4v) is 3.32. The first-order valence-electron chi connectivity index (χ1n) is 8.05. The van der Waals surface area contributed by atoms with Crippen LogP contribution in [0, 0.1) is 18.8 Å². The molecule has 112 valence electrons. The van der Waals surface area contributed by atoms with Gasteiger partial charge in [-0.3, -0.25) is 0 Å². The maximum absolute atomic E-state index is 5.89. The van der Waals surface area contributed by atoms with E-state index in [1.165, 1.54) is 25.7 Å². The van der Waals surface area contributed by atoms with Crippen molar-refractivity contribution in [1.82, 2.24) is 9.97 Å². The summed E-state index contributed by atoms with van der Waals surface area (Å²) in [6.07, 6.45) is 5.97. The Morgan fingerprint density at radius 1 is 1.15 bits per heavy atom. The normalized spacial score (nSPS) is 24.9. The van der Waals surface area contributed by atoms with Crippen LogP contribution in [-0.2, 0) is 6.42 Å². The highest BCUT2D eigenvalue weighted by Gasteiger charge is 2.26. The Morgan fingerprint density at radius 2 is 1.80 bits per heavy atom. The summed E-state index contributed by atoms with van der Waals surface area (Å²) in [7, 11) is 0. The molecule has 1 aromatic rings. The van der Waals surface area contributed by atoms with Crippen LogP contribution >= 0.6 is 0 Å². The third-order valence-corrected chi connectivity index (χ3v) is 4.54. The fraction of sp³-hybridized carbons (Fsp3) is 0.765. The molecule has 2 N–H and O–H groups in total. The van der Waals surface area contributed by atoms with Crippen LogP contribution in [0.1, 0.15) is 69.6 Å². The van der Waals surface area contributed by atoms with Gasteiger partial charge in [0, 0.05) is 29.8 Å². The fourth-order valence-electron chi connectivity index (χ4n) is 3.32. The van der Waals surface area contributed by atoms with Gasteiger partial charge in [-0.1, -0.05) is 13.8 Å². The molecule has 0 radical (unpaired) electrons. The van der Waals surface area contributed by atoms with Crippen LogP contribution in [0.15, 0.2) is 6.07 Å². The number of hydrogen-bond donors (Lipinski definition) is 1. The van der Waals surface area contributed by atoms with E-state index in [1.54, 1.807) is 0 Å². The summed E-state index contributed by atoms with van der Waals surface area (Å²) in [4.78, 5) is 9.46. The first-order valence-corrected chi connectivity index (χ1v) is 8.05. The number of rotatable bonds is 4. The second-order valence-corrected chi connectivity index (χ2v) is 6.90. The molecule has 1 fully saturated rings. The molecule has 1 unspecified atom stereocenters. The highest BCUT2D eigenvalue weighted by Crippen LogP contribution is 2.37. The Morgan fingerprint density at radius 3 is 2.35 bits per heavy atom. The molecule has 2 rings (SSSR count). The van der Waals surface area contributed by atoms with E-state index >= 15 is 0 Å². The highest BCUT2D eigenvalue weighted by molar-refractivity contribution is 5.13. The summed E-state index contributed by atoms with van der Waals surface area (Å²) in [5, 5.41) is 0. The summed E-state index contributed by atoms with van der Waals surface area (Å²) in [6, 6.07) is 2.24. The predicted molar refractivity (Wildman–Crippen MR) is 83.7 cm³/mol. The molecule has 1 heterocycles. The molecule has 1 saturated carbocycles. The molecule has 0 aliphatic heterocycles. The van der Waals surface area contributed by atoms with Crippen LogP contribution in [0.5, 0.6) is 0 Å². The van der Waals surface area contributed by atoms with Gasteiger partial charge in [-0.25, -0.2) is 9.97 Å². The smallest absolute Gasteiger partial charge is 0.131 e. The van der Waals surface area contributed by atoms with Crippen molar-refractivity contribution >= 4 is 0 Å². The van der Waals surface area contributed by atoms with Crippen molar-refractivity contribution in [3.63, 3.8) is 0 Å². The summed E-state index contributed by atoms with van der Waals surface area (Å²) < 4.78 is 0. The van der Waals surface area contributed by atoms with Gasteiger partial charge in [0.15, 0.2) is 0 Å². The molecular formula is C17H29N3. The lowest BCUT2D eigenvalue weighted by atomic mass is 9.76. The first-order chi connectivity index (χ1) is 9.45. The molecule has 3 nitrogen and oxygen atoms in total. The molecule has 1 aromatic heterocycles. The lowest BCUT2D eigenvalue weighted by molar-refractivity contribution is 0.254. The maximum Gasteiger partial charge on any atom is 0.131 e. The van der Waals surface area contributed by atoms with E-state index in [0.29, 0.717) is 5.92 Å². The van der Waals surface area contributed by atoms with E-state index in [-0.39, 0.29) is 6.04 Å². The van der Waals surface area contributed by atoms with Crippen molar-refractivity contribution in [2.45, 2.75) is 71.8 Å². The number of nitrogens with two attached hydrogens (primary N) is 1. The summed E-state index contributed by atoms with van der Waals surface area (Å²) >= 11 is 0. The SMILES string of the molecule is Cc1cc(CC(C)N)nc(C2CCC(C(C)C)CC2)n1. The lowest BCUT2D eigenvalue weighted by Crippen LogP contribution is -2.21. The van der Waals surface area contributed by atoms with E-state index in [4.69, 9.17) is 10.7 Å². The van der Waals surface area contributed by atoms with Gasteiger partial charge in [-0.2, -0.15) is 0 Å². The van der Waals surface area contributed by atoms with Gasteiger partial charge in [-0.05, 0) is 57.4 Å². The summed E-state index contributed by atoms with van der Waals surface area (Å²) in [6.45, 7) is 8.78. The molecule has 0 spiro atoms. The van der Waals surface area contributed by atoms with E-state index in [2.05, 4.69) is 31.8 Å². The van der Waals surface area contributed by atoms with Gasteiger partial charge < -0.3 is 5.73 Å². The Bertz CT molecular complexity index is 432. The van der Waals surface area contributed by atoms with Gasteiger partial charge >= 0.3 is 0 Å². The van der Waals surface area contributed by atoms with Crippen molar-refractivity contribution in [2.75, 3.05) is 0 Å². The van der Waals surface area contributed by atoms with E-state index < -0.39 is 0 Å². The van der Waals surface area contributed by atoms with Crippen molar-refractivity contribution in [3.8, 4) is 0 Å². The van der Waals surface area contributed by atoms with Crippen LogP contribution in [-0.4, -0.2) is 16.0 Å². The van der Waals surface area contributed by atoms with Gasteiger partial charge in [0.1, 0.15) is 5.82 Å². The Labute approximate surface area is 123 Å². The second-order valence-electron chi connectivity index (χ2n) is 6.90. The first kappa shape index (κ1) is 15.4. The van der Waals surface area contributed by atoms with Crippen LogP contribution < -0.4 is 5.73 Å². The third kappa shape index (κ3) is 4.02. The molecule has 1 aliphatic rings. The number of hydrogen-bond acceptors (Lipinski definition) is 3. The highest BCUT2D eigenvalue weighted by atomic mass is 14.9. The Kier molecular flexibility index (Phi) is 5.14. The van der Waals surface area contributed by atoms with Crippen molar-refractivity contribution in [2.24, 2.45) is 17.6 Å². The molecule has 0 aromatic carbocycles. The second kappa shape index (κ2) is 6.66. The zero-order valence-electron chi connectivity index (χ0n) is 13.4. The number of nitrogens with zero attached hydrogens (tertiary/aromatic N) is 2. The van der Waals surface area contributed by atoms with Crippen molar-refractivity contribution in [3.05, 3.63) is 23.3 Å². The largest absolute Gasteiger partial charge is 0.328 e. The average molecular weight is 275 g/mol. The molecule has 0 amide bonds. The molecule has 1 atom stereocenters. The van der Waals surface area contributed by atoms with E-state index in [0.717, 1.165) is 35.5 Å². The minimum Gasteiger partial charge on any atom is -0.328 e. The standard InChI is InChI=1S/C17H29N3/c1-11(2)14-5-7-15(8-6-14)17-19-13(4)10-16(20-17)9-12(3)18/h10-12,14-15H,5-9,18H2,1-4H3. The minimum absolute atomic E-state index is 0.161. The molecule has 0 bridgehead atoms. The zero-order valence-corrected chi connectivity index (χ0v) is 13.4. The third-order valence-electron chi connectivity index (χ3n) is 4.54. The zero-order chi connectivity index (χ0) is 14.7. The molecule has 20 heavy (non-hydrogen) atoms. The number of aryl methyl sites for hydroxylation is 1. The summed E-state index contributed by atoms with van der Waals surface area (Å²) in [5.41, 5.74) is 8.08. The Hall–Kier alpha value is -0.960. The number of aromatic nitrogens is 2. The molecule has 1 aliphatic carbocycles. The van der Waals surface area contributed by atoms with Gasteiger partial charge in [0.05, 0.1) is 0 Å². The summed E-state index contributed by atoms with van der Waals surface area (Å²) in [5.74, 6) is 3.31. The predicted octanol–water partition coefficient (Wildman–Crippen LogP) is 3.60. The van der Waals surface area contributed by atoms with Crippen LogP contribution in [0.2, 0.25) is 0 Å². The molecular weight excluding hydrogens is 246 g/mol. The van der Waals surface area contributed by atoms with Crippen LogP contribution in [0.25, 0.3) is 0 Å². The van der Waals surface area contributed by atoms with Gasteiger partial charge in [0.2, 0.25) is 0 Å². The Balaban J connectivity index is 2.07. The van der Waals surface area contributed by atoms with E-state index in [9.17, 15) is 0 Å². The van der Waals surface area contributed by atoms with Crippen LogP contribution in [0.4, 0.5) is 0 Å². The monoisotopic (exact) mass is 275 g/mol.